The molecule has 6 nitrogen and oxygen atoms in total. The van der Waals surface area contributed by atoms with Crippen molar-refractivity contribution < 1.29 is 24.2 Å². The van der Waals surface area contributed by atoms with Gasteiger partial charge in [0.2, 0.25) is 11.8 Å². The number of imide groups is 1. The lowest BCUT2D eigenvalue weighted by molar-refractivity contribution is -0.126. The first-order valence-corrected chi connectivity index (χ1v) is 7.01. The van der Waals surface area contributed by atoms with Gasteiger partial charge in [0.05, 0.1) is 34.8 Å². The second-order valence-corrected chi connectivity index (χ2v) is 6.00. The molecule has 0 radical (unpaired) electrons. The number of anilines is 1. The maximum absolute atomic E-state index is 12.7. The number of carboxylic acid groups (broad SMARTS) is 1. The normalized spacial score (nSPS) is 35.3. The van der Waals surface area contributed by atoms with Crippen molar-refractivity contribution in [3.8, 4) is 0 Å². The van der Waals surface area contributed by atoms with Gasteiger partial charge in [0.1, 0.15) is 0 Å². The Morgan fingerprint density at radius 2 is 2.09 bits per heavy atom. The molecule has 4 atom stereocenters. The molecule has 0 aliphatic carbocycles. The highest BCUT2D eigenvalue weighted by molar-refractivity contribution is 6.23. The SMILES string of the molecule is C[C@@]12C=C[C@H](O1)[C@@H]1C(=O)N(c3cccc(C(=O)O)c3)C(=O)[C@@H]12. The van der Waals surface area contributed by atoms with Crippen LogP contribution >= 0.6 is 0 Å². The Hall–Kier alpha value is -2.47. The smallest absolute Gasteiger partial charge is 0.335 e. The number of ether oxygens (including phenoxy) is 1. The number of fused-ring (bicyclic) bond motifs is 5. The van der Waals surface area contributed by atoms with Gasteiger partial charge < -0.3 is 9.84 Å². The number of rotatable bonds is 2. The van der Waals surface area contributed by atoms with Crippen molar-refractivity contribution >= 4 is 23.5 Å². The number of carboxylic acids is 1. The van der Waals surface area contributed by atoms with Crippen LogP contribution in [0.5, 0.6) is 0 Å². The van der Waals surface area contributed by atoms with Crippen LogP contribution in [0.1, 0.15) is 17.3 Å². The Labute approximate surface area is 126 Å². The molecule has 0 spiro atoms. The lowest BCUT2D eigenvalue weighted by atomic mass is 9.78. The minimum atomic E-state index is -1.10. The number of amides is 2. The Morgan fingerprint density at radius 1 is 1.32 bits per heavy atom. The van der Waals surface area contributed by atoms with E-state index in [1.165, 1.54) is 18.2 Å². The molecule has 1 aromatic rings. The molecule has 2 bridgehead atoms. The van der Waals surface area contributed by atoms with Crippen LogP contribution in [0.25, 0.3) is 0 Å². The summed E-state index contributed by atoms with van der Waals surface area (Å²) < 4.78 is 5.74. The lowest BCUT2D eigenvalue weighted by Gasteiger charge is -2.24. The third kappa shape index (κ3) is 1.50. The lowest BCUT2D eigenvalue weighted by Crippen LogP contribution is -2.38. The predicted molar refractivity (Wildman–Crippen MR) is 75.3 cm³/mol. The molecule has 6 heteroatoms. The zero-order chi connectivity index (χ0) is 15.6. The summed E-state index contributed by atoms with van der Waals surface area (Å²) in [5.74, 6) is -2.81. The fourth-order valence-corrected chi connectivity index (χ4v) is 3.69. The predicted octanol–water partition coefficient (Wildman–Crippen LogP) is 1.22. The van der Waals surface area contributed by atoms with Crippen LogP contribution in [-0.4, -0.2) is 34.6 Å². The molecule has 22 heavy (non-hydrogen) atoms. The van der Waals surface area contributed by atoms with Gasteiger partial charge in [-0.3, -0.25) is 9.59 Å². The summed E-state index contributed by atoms with van der Waals surface area (Å²) in [5.41, 5.74) is -0.410. The van der Waals surface area contributed by atoms with Crippen LogP contribution in [0, 0.1) is 11.8 Å². The first kappa shape index (κ1) is 13.2. The van der Waals surface area contributed by atoms with E-state index in [9.17, 15) is 14.4 Å². The van der Waals surface area contributed by atoms with Gasteiger partial charge in [-0.15, -0.1) is 0 Å². The van der Waals surface area contributed by atoms with Crippen molar-refractivity contribution in [1.82, 2.24) is 0 Å². The summed E-state index contributed by atoms with van der Waals surface area (Å²) >= 11 is 0. The molecule has 2 saturated heterocycles. The summed E-state index contributed by atoms with van der Waals surface area (Å²) in [6.45, 7) is 1.80. The molecule has 0 saturated carbocycles. The minimum Gasteiger partial charge on any atom is -0.478 e. The Kier molecular flexibility index (Phi) is 2.43. The van der Waals surface area contributed by atoms with E-state index in [1.54, 1.807) is 13.0 Å². The van der Waals surface area contributed by atoms with E-state index in [4.69, 9.17) is 9.84 Å². The topological polar surface area (TPSA) is 83.9 Å². The number of benzene rings is 1. The number of hydrogen-bond donors (Lipinski definition) is 1. The van der Waals surface area contributed by atoms with Gasteiger partial charge >= 0.3 is 5.97 Å². The summed E-state index contributed by atoms with van der Waals surface area (Å²) in [6.07, 6.45) is 3.28. The molecule has 0 aromatic heterocycles. The molecule has 112 valence electrons. The molecule has 1 aromatic carbocycles. The third-order valence-electron chi connectivity index (χ3n) is 4.68. The summed E-state index contributed by atoms with van der Waals surface area (Å²) in [4.78, 5) is 37.5. The van der Waals surface area contributed by atoms with E-state index in [0.717, 1.165) is 4.90 Å². The van der Waals surface area contributed by atoms with Crippen LogP contribution in [0.2, 0.25) is 0 Å². The van der Waals surface area contributed by atoms with Crippen molar-refractivity contribution in [2.75, 3.05) is 4.90 Å². The fourth-order valence-electron chi connectivity index (χ4n) is 3.69. The maximum Gasteiger partial charge on any atom is 0.335 e. The third-order valence-corrected chi connectivity index (χ3v) is 4.68. The van der Waals surface area contributed by atoms with Gasteiger partial charge in [0, 0.05) is 0 Å². The highest BCUT2D eigenvalue weighted by atomic mass is 16.5. The van der Waals surface area contributed by atoms with E-state index in [-0.39, 0.29) is 23.5 Å². The number of nitrogens with zero attached hydrogens (tertiary/aromatic N) is 1. The zero-order valence-electron chi connectivity index (χ0n) is 11.7. The number of carbonyl (C=O) groups excluding carboxylic acids is 2. The highest BCUT2D eigenvalue weighted by Crippen LogP contribution is 2.52. The van der Waals surface area contributed by atoms with Crippen molar-refractivity contribution in [3.05, 3.63) is 42.0 Å². The number of carbonyl (C=O) groups is 3. The zero-order valence-corrected chi connectivity index (χ0v) is 11.7. The fraction of sp³-hybridized carbons (Fsp3) is 0.312. The monoisotopic (exact) mass is 299 g/mol. The molecule has 3 aliphatic heterocycles. The standard InChI is InChI=1S/C16H13NO5/c1-16-6-5-10(22-16)11-12(16)14(19)17(13(11)18)9-4-2-3-8(7-9)15(20)21/h2-7,10-12H,1H3,(H,20,21)/t10-,11-,12+,16-/m0/s1. The largest absolute Gasteiger partial charge is 0.478 e. The molecule has 2 amide bonds. The molecule has 4 rings (SSSR count). The van der Waals surface area contributed by atoms with Gasteiger partial charge in [-0.05, 0) is 25.1 Å². The molecule has 3 heterocycles. The van der Waals surface area contributed by atoms with Crippen LogP contribution in [0.4, 0.5) is 5.69 Å². The molecule has 3 aliphatic rings. The molecular formula is C16H13NO5. The quantitative estimate of drug-likeness (QED) is 0.655. The molecular weight excluding hydrogens is 286 g/mol. The van der Waals surface area contributed by atoms with Gasteiger partial charge in [-0.25, -0.2) is 9.69 Å². The summed E-state index contributed by atoms with van der Waals surface area (Å²) in [5, 5.41) is 9.06. The first-order chi connectivity index (χ1) is 10.4. The van der Waals surface area contributed by atoms with Crippen molar-refractivity contribution in [2.45, 2.75) is 18.6 Å². The number of aromatic carboxylic acids is 1. The van der Waals surface area contributed by atoms with Gasteiger partial charge in [-0.2, -0.15) is 0 Å². The van der Waals surface area contributed by atoms with Crippen LogP contribution in [-0.2, 0) is 14.3 Å². The van der Waals surface area contributed by atoms with Crippen LogP contribution in [0.3, 0.4) is 0 Å². The second-order valence-electron chi connectivity index (χ2n) is 6.00. The first-order valence-electron chi connectivity index (χ1n) is 7.01. The molecule has 1 N–H and O–H groups in total. The maximum atomic E-state index is 12.7. The number of hydrogen-bond acceptors (Lipinski definition) is 4. The Bertz CT molecular complexity index is 755. The van der Waals surface area contributed by atoms with E-state index < -0.39 is 23.4 Å². The van der Waals surface area contributed by atoms with Crippen molar-refractivity contribution in [1.29, 1.82) is 0 Å². The van der Waals surface area contributed by atoms with Gasteiger partial charge in [-0.1, -0.05) is 18.2 Å². The Morgan fingerprint density at radius 3 is 2.77 bits per heavy atom. The second kappa shape index (κ2) is 4.04. The van der Waals surface area contributed by atoms with Crippen LogP contribution in [0.15, 0.2) is 36.4 Å². The van der Waals surface area contributed by atoms with E-state index in [2.05, 4.69) is 0 Å². The average Bonchev–Trinajstić information content (AvgIpc) is 3.08. The molecule has 2 fully saturated rings. The summed E-state index contributed by atoms with van der Waals surface area (Å²) in [6, 6.07) is 5.87. The van der Waals surface area contributed by atoms with Crippen molar-refractivity contribution in [2.24, 2.45) is 11.8 Å². The van der Waals surface area contributed by atoms with Crippen LogP contribution < -0.4 is 4.90 Å². The van der Waals surface area contributed by atoms with Gasteiger partial charge in [0.15, 0.2) is 0 Å². The van der Waals surface area contributed by atoms with E-state index in [1.807, 2.05) is 12.2 Å². The van der Waals surface area contributed by atoms with E-state index >= 15 is 0 Å². The highest BCUT2D eigenvalue weighted by Gasteiger charge is 2.66. The van der Waals surface area contributed by atoms with E-state index in [0.29, 0.717) is 5.69 Å². The summed E-state index contributed by atoms with van der Waals surface area (Å²) in [7, 11) is 0. The Balaban J connectivity index is 1.77. The van der Waals surface area contributed by atoms with Crippen molar-refractivity contribution in [3.63, 3.8) is 0 Å². The van der Waals surface area contributed by atoms with Gasteiger partial charge in [0.25, 0.3) is 0 Å². The minimum absolute atomic E-state index is 0.0405. The average molecular weight is 299 g/mol. The molecule has 0 unspecified atom stereocenters.